The maximum atomic E-state index is 12.5. The van der Waals surface area contributed by atoms with Crippen LogP contribution in [-0.4, -0.2) is 39.6 Å². The molecule has 0 bridgehead atoms. The van der Waals surface area contributed by atoms with Crippen molar-refractivity contribution in [3.05, 3.63) is 42.2 Å². The van der Waals surface area contributed by atoms with Gasteiger partial charge in [-0.25, -0.2) is 4.68 Å². The van der Waals surface area contributed by atoms with Crippen molar-refractivity contribution in [3.8, 4) is 5.69 Å². The van der Waals surface area contributed by atoms with Crippen LogP contribution in [-0.2, 0) is 9.59 Å². The number of hydrogen-bond donors (Lipinski definition) is 1. The molecule has 126 valence electrons. The maximum absolute atomic E-state index is 12.5. The number of rotatable bonds is 3. The number of nitrogens with one attached hydrogen (secondary N) is 1. The smallest absolute Gasteiger partial charge is 0.229 e. The van der Waals surface area contributed by atoms with E-state index in [1.807, 2.05) is 41.9 Å². The Morgan fingerprint density at radius 1 is 1.29 bits per heavy atom. The van der Waals surface area contributed by atoms with Crippen molar-refractivity contribution in [1.82, 2.24) is 14.7 Å². The number of aromatic nitrogens is 2. The fourth-order valence-corrected chi connectivity index (χ4v) is 3.08. The third-order valence-corrected chi connectivity index (χ3v) is 4.43. The molecule has 1 aromatic carbocycles. The van der Waals surface area contributed by atoms with E-state index in [1.54, 1.807) is 18.0 Å². The van der Waals surface area contributed by atoms with E-state index in [9.17, 15) is 9.59 Å². The van der Waals surface area contributed by atoms with Gasteiger partial charge >= 0.3 is 0 Å². The van der Waals surface area contributed by atoms with Gasteiger partial charge in [0.25, 0.3) is 0 Å². The molecule has 24 heavy (non-hydrogen) atoms. The van der Waals surface area contributed by atoms with Gasteiger partial charge in [-0.05, 0) is 44.0 Å². The van der Waals surface area contributed by atoms with Crippen molar-refractivity contribution in [2.75, 3.05) is 18.4 Å². The Balaban J connectivity index is 1.71. The summed E-state index contributed by atoms with van der Waals surface area (Å²) in [6, 6.07) is 9.56. The first-order chi connectivity index (χ1) is 11.5. The number of piperidine rings is 1. The fraction of sp³-hybridized carbons (Fsp3) is 0.389. The summed E-state index contributed by atoms with van der Waals surface area (Å²) in [6.07, 6.45) is 3.43. The van der Waals surface area contributed by atoms with Crippen molar-refractivity contribution in [1.29, 1.82) is 0 Å². The van der Waals surface area contributed by atoms with Crippen LogP contribution in [0.2, 0.25) is 0 Å². The molecule has 1 fully saturated rings. The monoisotopic (exact) mass is 326 g/mol. The molecule has 1 atom stereocenters. The minimum Gasteiger partial charge on any atom is -0.342 e. The number of nitrogens with zero attached hydrogens (tertiary/aromatic N) is 3. The number of carbonyl (C=O) groups is 2. The average molecular weight is 326 g/mol. The maximum Gasteiger partial charge on any atom is 0.229 e. The highest BCUT2D eigenvalue weighted by molar-refractivity contribution is 5.93. The van der Waals surface area contributed by atoms with Crippen LogP contribution in [0.25, 0.3) is 5.69 Å². The Kier molecular flexibility index (Phi) is 4.64. The summed E-state index contributed by atoms with van der Waals surface area (Å²) in [5.41, 5.74) is 2.68. The van der Waals surface area contributed by atoms with E-state index in [-0.39, 0.29) is 17.7 Å². The molecule has 2 amide bonds. The van der Waals surface area contributed by atoms with Gasteiger partial charge in [-0.2, -0.15) is 5.10 Å². The first-order valence-corrected chi connectivity index (χ1v) is 8.22. The normalized spacial score (nSPS) is 17.6. The number of benzene rings is 1. The minimum atomic E-state index is -0.155. The molecule has 0 aliphatic carbocycles. The molecule has 6 nitrogen and oxygen atoms in total. The molecule has 1 unspecified atom stereocenters. The van der Waals surface area contributed by atoms with Crippen LogP contribution in [0.3, 0.4) is 0 Å². The van der Waals surface area contributed by atoms with Gasteiger partial charge in [0.1, 0.15) is 0 Å². The van der Waals surface area contributed by atoms with Gasteiger partial charge in [-0.3, -0.25) is 9.59 Å². The van der Waals surface area contributed by atoms with Gasteiger partial charge in [0.15, 0.2) is 0 Å². The lowest BCUT2D eigenvalue weighted by atomic mass is 9.97. The van der Waals surface area contributed by atoms with Crippen molar-refractivity contribution in [3.63, 3.8) is 0 Å². The SMILES string of the molecule is CC(=O)N1CCCC(C(=O)Nc2cccc(-n3nccc3C)c2)C1. The predicted molar refractivity (Wildman–Crippen MR) is 91.9 cm³/mol. The molecule has 6 heteroatoms. The van der Waals surface area contributed by atoms with Crippen molar-refractivity contribution in [2.45, 2.75) is 26.7 Å². The van der Waals surface area contributed by atoms with E-state index in [0.717, 1.165) is 36.5 Å². The molecule has 0 spiro atoms. The Bertz CT molecular complexity index is 753. The van der Waals surface area contributed by atoms with E-state index in [0.29, 0.717) is 6.54 Å². The molecule has 3 rings (SSSR count). The van der Waals surface area contributed by atoms with Crippen LogP contribution < -0.4 is 5.32 Å². The molecule has 2 aromatic rings. The van der Waals surface area contributed by atoms with Crippen LogP contribution in [0.15, 0.2) is 36.5 Å². The van der Waals surface area contributed by atoms with E-state index < -0.39 is 0 Å². The summed E-state index contributed by atoms with van der Waals surface area (Å²) in [4.78, 5) is 25.8. The first kappa shape index (κ1) is 16.2. The standard InChI is InChI=1S/C18H22N4O2/c1-13-8-9-19-22(13)17-7-3-6-16(11-17)20-18(24)15-5-4-10-21(12-15)14(2)23/h3,6-9,11,15H,4-5,10,12H2,1-2H3,(H,20,24). The average Bonchev–Trinajstić information content (AvgIpc) is 3.01. The van der Waals surface area contributed by atoms with Gasteiger partial charge in [-0.15, -0.1) is 0 Å². The molecule has 1 N–H and O–H groups in total. The third-order valence-electron chi connectivity index (χ3n) is 4.43. The van der Waals surface area contributed by atoms with Crippen LogP contribution in [0, 0.1) is 12.8 Å². The second kappa shape index (κ2) is 6.86. The predicted octanol–water partition coefficient (Wildman–Crippen LogP) is 2.38. The molecule has 1 aromatic heterocycles. The summed E-state index contributed by atoms with van der Waals surface area (Å²) in [6.45, 7) is 4.78. The molecular formula is C18H22N4O2. The van der Waals surface area contributed by atoms with E-state index in [2.05, 4.69) is 10.4 Å². The highest BCUT2D eigenvalue weighted by Crippen LogP contribution is 2.20. The van der Waals surface area contributed by atoms with Crippen LogP contribution in [0.5, 0.6) is 0 Å². The lowest BCUT2D eigenvalue weighted by Gasteiger charge is -2.31. The number of aryl methyl sites for hydroxylation is 1. The van der Waals surface area contributed by atoms with Gasteiger partial charge in [0.05, 0.1) is 11.6 Å². The van der Waals surface area contributed by atoms with Crippen LogP contribution >= 0.6 is 0 Å². The first-order valence-electron chi connectivity index (χ1n) is 8.22. The topological polar surface area (TPSA) is 67.2 Å². The summed E-state index contributed by atoms with van der Waals surface area (Å²) < 4.78 is 1.83. The molecule has 2 heterocycles. The number of hydrogen-bond acceptors (Lipinski definition) is 3. The molecular weight excluding hydrogens is 304 g/mol. The summed E-state index contributed by atoms with van der Waals surface area (Å²) >= 11 is 0. The fourth-order valence-electron chi connectivity index (χ4n) is 3.08. The van der Waals surface area contributed by atoms with Crippen molar-refractivity contribution in [2.24, 2.45) is 5.92 Å². The largest absolute Gasteiger partial charge is 0.342 e. The third kappa shape index (κ3) is 3.48. The van der Waals surface area contributed by atoms with Crippen LogP contribution in [0.1, 0.15) is 25.5 Å². The van der Waals surface area contributed by atoms with Gasteiger partial charge in [0, 0.05) is 37.6 Å². The van der Waals surface area contributed by atoms with Crippen LogP contribution in [0.4, 0.5) is 5.69 Å². The van der Waals surface area contributed by atoms with E-state index >= 15 is 0 Å². The Morgan fingerprint density at radius 3 is 2.83 bits per heavy atom. The highest BCUT2D eigenvalue weighted by atomic mass is 16.2. The highest BCUT2D eigenvalue weighted by Gasteiger charge is 2.27. The number of carbonyl (C=O) groups excluding carboxylic acids is 2. The lowest BCUT2D eigenvalue weighted by molar-refractivity contribution is -0.132. The molecule has 0 saturated carbocycles. The lowest BCUT2D eigenvalue weighted by Crippen LogP contribution is -2.42. The van der Waals surface area contributed by atoms with Crippen molar-refractivity contribution < 1.29 is 9.59 Å². The summed E-state index contributed by atoms with van der Waals surface area (Å²) in [5.74, 6) is -0.156. The van der Waals surface area contributed by atoms with E-state index in [1.165, 1.54) is 0 Å². The Labute approximate surface area is 141 Å². The Morgan fingerprint density at radius 2 is 2.12 bits per heavy atom. The Hall–Kier alpha value is -2.63. The molecule has 1 saturated heterocycles. The molecule has 0 radical (unpaired) electrons. The summed E-state index contributed by atoms with van der Waals surface area (Å²) in [5, 5.41) is 7.26. The molecule has 1 aliphatic heterocycles. The quantitative estimate of drug-likeness (QED) is 0.941. The number of anilines is 1. The molecule has 1 aliphatic rings. The zero-order chi connectivity index (χ0) is 17.1. The number of likely N-dealkylation sites (tertiary alicyclic amines) is 1. The second-order valence-corrected chi connectivity index (χ2v) is 6.23. The van der Waals surface area contributed by atoms with Crippen molar-refractivity contribution >= 4 is 17.5 Å². The van der Waals surface area contributed by atoms with Gasteiger partial charge in [0.2, 0.25) is 11.8 Å². The second-order valence-electron chi connectivity index (χ2n) is 6.23. The van der Waals surface area contributed by atoms with Gasteiger partial charge in [-0.1, -0.05) is 6.07 Å². The minimum absolute atomic E-state index is 0.0312. The van der Waals surface area contributed by atoms with Gasteiger partial charge < -0.3 is 10.2 Å². The zero-order valence-electron chi connectivity index (χ0n) is 14.0. The van der Waals surface area contributed by atoms with E-state index in [4.69, 9.17) is 0 Å². The zero-order valence-corrected chi connectivity index (χ0v) is 14.0. The summed E-state index contributed by atoms with van der Waals surface area (Å²) in [7, 11) is 0. The number of amides is 2.